The molecule has 0 fully saturated rings. The Labute approximate surface area is 144 Å². The number of nitrogens with zero attached hydrogens (tertiary/aromatic N) is 4. The van der Waals surface area contributed by atoms with Gasteiger partial charge in [0.2, 0.25) is 5.88 Å². The van der Waals surface area contributed by atoms with Gasteiger partial charge in [-0.1, -0.05) is 18.2 Å². The van der Waals surface area contributed by atoms with Gasteiger partial charge in [-0.25, -0.2) is 19.9 Å². The molecule has 0 amide bonds. The molecular weight excluding hydrogens is 314 g/mol. The van der Waals surface area contributed by atoms with Crippen LogP contribution in [0.2, 0.25) is 0 Å². The minimum Gasteiger partial charge on any atom is -0.439 e. The van der Waals surface area contributed by atoms with Gasteiger partial charge in [0.25, 0.3) is 0 Å². The van der Waals surface area contributed by atoms with Gasteiger partial charge < -0.3 is 10.5 Å². The van der Waals surface area contributed by atoms with Crippen LogP contribution in [0.3, 0.4) is 0 Å². The average molecular weight is 329 g/mol. The number of benzene rings is 1. The summed E-state index contributed by atoms with van der Waals surface area (Å²) in [5, 5.41) is 0. The van der Waals surface area contributed by atoms with Crippen molar-refractivity contribution in [1.82, 2.24) is 19.9 Å². The molecule has 4 aromatic rings. The molecule has 3 heterocycles. The summed E-state index contributed by atoms with van der Waals surface area (Å²) in [5.41, 5.74) is 9.80. The highest BCUT2D eigenvalue weighted by Gasteiger charge is 2.07. The Kier molecular flexibility index (Phi) is 3.70. The summed E-state index contributed by atoms with van der Waals surface area (Å²) in [6.45, 7) is 1.93. The second-order valence-corrected chi connectivity index (χ2v) is 5.57. The third kappa shape index (κ3) is 3.10. The summed E-state index contributed by atoms with van der Waals surface area (Å²) in [4.78, 5) is 17.1. The molecule has 0 atom stereocenters. The van der Waals surface area contributed by atoms with Gasteiger partial charge in [-0.2, -0.15) is 0 Å². The first-order chi connectivity index (χ1) is 12.2. The van der Waals surface area contributed by atoms with E-state index in [1.165, 1.54) is 6.33 Å². The molecule has 0 aliphatic rings. The van der Waals surface area contributed by atoms with Gasteiger partial charge in [0, 0.05) is 17.3 Å². The van der Waals surface area contributed by atoms with Crippen molar-refractivity contribution in [2.75, 3.05) is 5.73 Å². The highest BCUT2D eigenvalue weighted by molar-refractivity contribution is 5.85. The fourth-order valence-corrected chi connectivity index (χ4v) is 2.53. The lowest BCUT2D eigenvalue weighted by atomic mass is 10.1. The van der Waals surface area contributed by atoms with Crippen molar-refractivity contribution in [3.8, 4) is 22.9 Å². The zero-order valence-corrected chi connectivity index (χ0v) is 13.5. The quantitative estimate of drug-likeness (QED) is 0.615. The zero-order valence-electron chi connectivity index (χ0n) is 13.5. The van der Waals surface area contributed by atoms with E-state index < -0.39 is 0 Å². The number of aryl methyl sites for hydroxylation is 1. The predicted octanol–water partition coefficient (Wildman–Crippen LogP) is 3.77. The fourth-order valence-electron chi connectivity index (χ4n) is 2.53. The first-order valence-electron chi connectivity index (χ1n) is 7.78. The average Bonchev–Trinajstić information content (AvgIpc) is 2.62. The monoisotopic (exact) mass is 329 g/mol. The molecule has 4 rings (SSSR count). The Bertz CT molecular complexity index is 1060. The van der Waals surface area contributed by atoms with Crippen molar-refractivity contribution in [2.24, 2.45) is 0 Å². The van der Waals surface area contributed by atoms with E-state index in [4.69, 9.17) is 10.5 Å². The largest absolute Gasteiger partial charge is 0.439 e. The van der Waals surface area contributed by atoms with E-state index >= 15 is 0 Å². The number of pyridine rings is 2. The molecule has 0 unspecified atom stereocenters. The van der Waals surface area contributed by atoms with Crippen molar-refractivity contribution in [3.05, 3.63) is 66.6 Å². The van der Waals surface area contributed by atoms with E-state index in [0.717, 1.165) is 17.0 Å². The van der Waals surface area contributed by atoms with Gasteiger partial charge in [0.05, 0.1) is 11.2 Å². The third-order valence-corrected chi connectivity index (χ3v) is 3.73. The maximum atomic E-state index is 5.90. The minimum atomic E-state index is 0.364. The van der Waals surface area contributed by atoms with Gasteiger partial charge in [-0.05, 0) is 37.3 Å². The maximum absolute atomic E-state index is 5.90. The summed E-state index contributed by atoms with van der Waals surface area (Å²) in [6.07, 6.45) is 1.43. The van der Waals surface area contributed by atoms with E-state index in [-0.39, 0.29) is 0 Å². The number of nitrogens with two attached hydrogens (primary N) is 1. The zero-order chi connectivity index (χ0) is 17.2. The highest BCUT2D eigenvalue weighted by atomic mass is 16.5. The molecule has 6 heteroatoms. The number of fused-ring (bicyclic) bond motifs is 1. The molecule has 2 N–H and O–H groups in total. The molecule has 0 saturated carbocycles. The minimum absolute atomic E-state index is 0.364. The molecule has 0 bridgehead atoms. The first kappa shape index (κ1) is 15.0. The molecule has 3 aromatic heterocycles. The summed E-state index contributed by atoms with van der Waals surface area (Å²) >= 11 is 0. The topological polar surface area (TPSA) is 86.8 Å². The molecule has 0 spiro atoms. The van der Waals surface area contributed by atoms with Crippen LogP contribution in [0.4, 0.5) is 5.82 Å². The van der Waals surface area contributed by atoms with Crippen LogP contribution in [-0.4, -0.2) is 19.9 Å². The lowest BCUT2D eigenvalue weighted by Crippen LogP contribution is -1.96. The van der Waals surface area contributed by atoms with Crippen LogP contribution >= 0.6 is 0 Å². The lowest BCUT2D eigenvalue weighted by Gasteiger charge is -2.08. The standard InChI is InChI=1S/C19H15N5O/c1-12-4-2-7-17(23-12)25-14-6-3-5-13(10-14)15-8-9-16-18(24-15)19(20)22-11-21-16/h2-11H,1H3,(H2,20,21,22). The molecule has 0 radical (unpaired) electrons. The number of nitrogen functional groups attached to an aromatic ring is 1. The van der Waals surface area contributed by atoms with Gasteiger partial charge in [-0.15, -0.1) is 0 Å². The van der Waals surface area contributed by atoms with Crippen LogP contribution in [0.5, 0.6) is 11.6 Å². The SMILES string of the molecule is Cc1cccc(Oc2cccc(-c3ccc4ncnc(N)c4n3)c2)n1. The molecule has 6 nitrogen and oxygen atoms in total. The Morgan fingerprint density at radius 2 is 1.80 bits per heavy atom. The molecule has 122 valence electrons. The van der Waals surface area contributed by atoms with E-state index in [1.54, 1.807) is 0 Å². The molecule has 0 aliphatic heterocycles. The van der Waals surface area contributed by atoms with Gasteiger partial charge in [0.15, 0.2) is 5.82 Å². The van der Waals surface area contributed by atoms with E-state index in [2.05, 4.69) is 19.9 Å². The van der Waals surface area contributed by atoms with Crippen molar-refractivity contribution >= 4 is 16.9 Å². The second-order valence-electron chi connectivity index (χ2n) is 5.57. The van der Waals surface area contributed by atoms with Crippen LogP contribution in [0, 0.1) is 6.92 Å². The van der Waals surface area contributed by atoms with E-state index in [1.807, 2.05) is 61.5 Å². The third-order valence-electron chi connectivity index (χ3n) is 3.73. The summed E-state index contributed by atoms with van der Waals surface area (Å²) in [5.74, 6) is 1.61. The van der Waals surface area contributed by atoms with Crippen LogP contribution in [0.1, 0.15) is 5.69 Å². The molecule has 25 heavy (non-hydrogen) atoms. The molecule has 0 aliphatic carbocycles. The number of aromatic nitrogens is 4. The second kappa shape index (κ2) is 6.16. The predicted molar refractivity (Wildman–Crippen MR) is 96.2 cm³/mol. The summed E-state index contributed by atoms with van der Waals surface area (Å²) in [6, 6.07) is 17.1. The van der Waals surface area contributed by atoms with Gasteiger partial charge in [0.1, 0.15) is 17.6 Å². The van der Waals surface area contributed by atoms with Crippen LogP contribution in [-0.2, 0) is 0 Å². The maximum Gasteiger partial charge on any atom is 0.219 e. The fraction of sp³-hybridized carbons (Fsp3) is 0.0526. The number of hydrogen-bond acceptors (Lipinski definition) is 6. The number of hydrogen-bond donors (Lipinski definition) is 1. The van der Waals surface area contributed by atoms with Crippen molar-refractivity contribution < 1.29 is 4.74 Å². The Hall–Kier alpha value is -3.54. The Morgan fingerprint density at radius 3 is 2.68 bits per heavy atom. The number of ether oxygens (including phenoxy) is 1. The van der Waals surface area contributed by atoms with E-state index in [9.17, 15) is 0 Å². The highest BCUT2D eigenvalue weighted by Crippen LogP contribution is 2.27. The normalized spacial score (nSPS) is 10.8. The van der Waals surface area contributed by atoms with Crippen LogP contribution < -0.4 is 10.5 Å². The van der Waals surface area contributed by atoms with Gasteiger partial charge >= 0.3 is 0 Å². The van der Waals surface area contributed by atoms with Crippen LogP contribution in [0.15, 0.2) is 60.9 Å². The number of rotatable bonds is 3. The van der Waals surface area contributed by atoms with Gasteiger partial charge in [-0.3, -0.25) is 0 Å². The van der Waals surface area contributed by atoms with Crippen molar-refractivity contribution in [1.29, 1.82) is 0 Å². The van der Waals surface area contributed by atoms with Crippen molar-refractivity contribution in [3.63, 3.8) is 0 Å². The van der Waals surface area contributed by atoms with E-state index in [0.29, 0.717) is 28.5 Å². The van der Waals surface area contributed by atoms with Crippen molar-refractivity contribution in [2.45, 2.75) is 6.92 Å². The lowest BCUT2D eigenvalue weighted by molar-refractivity contribution is 0.462. The summed E-state index contributed by atoms with van der Waals surface area (Å²) in [7, 11) is 0. The molecule has 1 aromatic carbocycles. The molecule has 0 saturated heterocycles. The van der Waals surface area contributed by atoms with Crippen LogP contribution in [0.25, 0.3) is 22.3 Å². The first-order valence-corrected chi connectivity index (χ1v) is 7.78. The Morgan fingerprint density at radius 1 is 0.920 bits per heavy atom. The smallest absolute Gasteiger partial charge is 0.219 e. The summed E-state index contributed by atoms with van der Waals surface area (Å²) < 4.78 is 5.84. The number of anilines is 1. The Balaban J connectivity index is 1.70. The molecular formula is C19H15N5O.